The van der Waals surface area contributed by atoms with Gasteiger partial charge in [-0.3, -0.25) is 4.79 Å². The molecule has 1 aromatic rings. The molecule has 0 saturated heterocycles. The lowest BCUT2D eigenvalue weighted by Crippen LogP contribution is -2.40. The van der Waals surface area contributed by atoms with Gasteiger partial charge in [-0.15, -0.1) is 0 Å². The molecule has 0 spiro atoms. The number of rotatable bonds is 7. The summed E-state index contributed by atoms with van der Waals surface area (Å²) in [6.45, 7) is 7.50. The van der Waals surface area contributed by atoms with Gasteiger partial charge in [-0.2, -0.15) is 0 Å². The van der Waals surface area contributed by atoms with Crippen LogP contribution >= 0.6 is 23.2 Å². The Kier molecular flexibility index (Phi) is 7.65. The first-order chi connectivity index (χ1) is 10.7. The van der Waals surface area contributed by atoms with Crippen LogP contribution in [0.1, 0.15) is 27.7 Å². The molecule has 0 aliphatic carbocycles. The van der Waals surface area contributed by atoms with Gasteiger partial charge in [0.25, 0.3) is 5.91 Å². The molecule has 128 valence electrons. The van der Waals surface area contributed by atoms with Gasteiger partial charge in [0.2, 0.25) is 0 Å². The van der Waals surface area contributed by atoms with Gasteiger partial charge in [0.05, 0.1) is 5.02 Å². The van der Waals surface area contributed by atoms with E-state index in [-0.39, 0.29) is 5.91 Å². The summed E-state index contributed by atoms with van der Waals surface area (Å²) in [4.78, 5) is 23.8. The summed E-state index contributed by atoms with van der Waals surface area (Å²) >= 11 is 11.8. The minimum Gasteiger partial charge on any atom is -0.477 e. The van der Waals surface area contributed by atoms with Crippen molar-refractivity contribution in [2.75, 3.05) is 6.54 Å². The highest BCUT2D eigenvalue weighted by Gasteiger charge is 2.23. The van der Waals surface area contributed by atoms with E-state index in [1.54, 1.807) is 12.1 Å². The molecule has 0 saturated carbocycles. The van der Waals surface area contributed by atoms with E-state index < -0.39 is 18.2 Å². The number of ether oxygens (including phenoxy) is 2. The minimum absolute atomic E-state index is 0.292. The van der Waals surface area contributed by atoms with Gasteiger partial charge < -0.3 is 14.8 Å². The summed E-state index contributed by atoms with van der Waals surface area (Å²) in [5, 5.41) is 3.46. The quantitative estimate of drug-likeness (QED) is 0.755. The Balaban J connectivity index is 2.54. The first-order valence-electron chi connectivity index (χ1n) is 7.30. The third-order valence-corrected chi connectivity index (χ3v) is 3.41. The molecule has 1 rings (SSSR count). The van der Waals surface area contributed by atoms with E-state index in [1.165, 1.54) is 19.9 Å². The lowest BCUT2D eigenvalue weighted by atomic mass is 10.2. The van der Waals surface area contributed by atoms with E-state index in [2.05, 4.69) is 5.32 Å². The molecule has 23 heavy (non-hydrogen) atoms. The van der Waals surface area contributed by atoms with Crippen LogP contribution in [-0.2, 0) is 14.3 Å². The summed E-state index contributed by atoms with van der Waals surface area (Å²) < 4.78 is 10.5. The fraction of sp³-hybridized carbons (Fsp3) is 0.500. The van der Waals surface area contributed by atoms with Crippen molar-refractivity contribution in [3.8, 4) is 5.75 Å². The zero-order valence-electron chi connectivity index (χ0n) is 13.6. The molecule has 0 heterocycles. The third kappa shape index (κ3) is 6.67. The fourth-order valence-corrected chi connectivity index (χ4v) is 2.03. The maximum absolute atomic E-state index is 12.0. The standard InChI is InChI=1S/C16H21Cl2NO4/c1-9(2)8-19-15(20)10(3)23-16(21)11(4)22-14-6-5-12(17)7-13(14)18/h5-7,9-11H,8H2,1-4H3,(H,19,20)/t10-,11-/m0/s1. The van der Waals surface area contributed by atoms with Crippen LogP contribution in [0, 0.1) is 5.92 Å². The van der Waals surface area contributed by atoms with Gasteiger partial charge in [0, 0.05) is 11.6 Å². The normalized spacial score (nSPS) is 13.3. The molecule has 0 radical (unpaired) electrons. The molecule has 7 heteroatoms. The summed E-state index contributed by atoms with van der Waals surface area (Å²) in [5.41, 5.74) is 0. The van der Waals surface area contributed by atoms with E-state index in [0.717, 1.165) is 0 Å². The number of nitrogens with one attached hydrogen (secondary N) is 1. The number of amides is 1. The van der Waals surface area contributed by atoms with Crippen molar-refractivity contribution >= 4 is 35.1 Å². The van der Waals surface area contributed by atoms with Gasteiger partial charge in [0.1, 0.15) is 5.75 Å². The molecular formula is C16H21Cl2NO4. The molecule has 0 aliphatic rings. The second-order valence-electron chi connectivity index (χ2n) is 5.55. The van der Waals surface area contributed by atoms with E-state index in [4.69, 9.17) is 32.7 Å². The molecule has 1 N–H and O–H groups in total. The van der Waals surface area contributed by atoms with Gasteiger partial charge in [0.15, 0.2) is 12.2 Å². The molecule has 0 bridgehead atoms. The maximum atomic E-state index is 12.0. The van der Waals surface area contributed by atoms with Crippen LogP contribution in [0.2, 0.25) is 10.0 Å². The molecule has 1 aromatic carbocycles. The summed E-state index contributed by atoms with van der Waals surface area (Å²) in [5.74, 6) is -0.361. The number of benzene rings is 1. The monoisotopic (exact) mass is 361 g/mol. The highest BCUT2D eigenvalue weighted by atomic mass is 35.5. The number of esters is 1. The predicted molar refractivity (Wildman–Crippen MR) is 90.0 cm³/mol. The largest absolute Gasteiger partial charge is 0.477 e. The van der Waals surface area contributed by atoms with Crippen molar-refractivity contribution < 1.29 is 19.1 Å². The van der Waals surface area contributed by atoms with Crippen LogP contribution < -0.4 is 10.1 Å². The summed E-state index contributed by atoms with van der Waals surface area (Å²) in [7, 11) is 0. The van der Waals surface area contributed by atoms with Crippen molar-refractivity contribution in [3.05, 3.63) is 28.2 Å². The molecular weight excluding hydrogens is 341 g/mol. The van der Waals surface area contributed by atoms with Crippen molar-refractivity contribution in [1.29, 1.82) is 0 Å². The highest BCUT2D eigenvalue weighted by molar-refractivity contribution is 6.35. The second kappa shape index (κ2) is 8.99. The zero-order valence-corrected chi connectivity index (χ0v) is 15.1. The number of halogens is 2. The molecule has 0 aromatic heterocycles. The molecule has 5 nitrogen and oxygen atoms in total. The van der Waals surface area contributed by atoms with Crippen LogP contribution in [-0.4, -0.2) is 30.6 Å². The van der Waals surface area contributed by atoms with Gasteiger partial charge in [-0.25, -0.2) is 4.79 Å². The molecule has 0 aliphatic heterocycles. The highest BCUT2D eigenvalue weighted by Crippen LogP contribution is 2.28. The number of hydrogen-bond acceptors (Lipinski definition) is 4. The van der Waals surface area contributed by atoms with Crippen LogP contribution in [0.3, 0.4) is 0 Å². The smallest absolute Gasteiger partial charge is 0.347 e. The van der Waals surface area contributed by atoms with E-state index in [0.29, 0.717) is 28.3 Å². The zero-order chi connectivity index (χ0) is 17.6. The molecule has 0 unspecified atom stereocenters. The topological polar surface area (TPSA) is 64.6 Å². The average molecular weight is 362 g/mol. The Bertz CT molecular complexity index is 563. The van der Waals surface area contributed by atoms with Crippen LogP contribution in [0.25, 0.3) is 0 Å². The maximum Gasteiger partial charge on any atom is 0.347 e. The van der Waals surface area contributed by atoms with E-state index in [1.807, 2.05) is 13.8 Å². The van der Waals surface area contributed by atoms with E-state index in [9.17, 15) is 9.59 Å². The first-order valence-corrected chi connectivity index (χ1v) is 8.06. The Morgan fingerprint density at radius 3 is 2.35 bits per heavy atom. The summed E-state index contributed by atoms with van der Waals surface area (Å²) in [6.07, 6.45) is -1.80. The third-order valence-electron chi connectivity index (χ3n) is 2.88. The second-order valence-corrected chi connectivity index (χ2v) is 6.40. The average Bonchev–Trinajstić information content (AvgIpc) is 2.47. The van der Waals surface area contributed by atoms with E-state index >= 15 is 0 Å². The Morgan fingerprint density at radius 2 is 1.78 bits per heavy atom. The molecule has 2 atom stereocenters. The van der Waals surface area contributed by atoms with Gasteiger partial charge in [-0.1, -0.05) is 37.0 Å². The van der Waals surface area contributed by atoms with Crippen molar-refractivity contribution in [2.45, 2.75) is 39.9 Å². The van der Waals surface area contributed by atoms with Crippen molar-refractivity contribution in [2.24, 2.45) is 5.92 Å². The van der Waals surface area contributed by atoms with Crippen molar-refractivity contribution in [3.63, 3.8) is 0 Å². The Labute approximate surface area is 146 Å². The molecule has 0 fully saturated rings. The lowest BCUT2D eigenvalue weighted by Gasteiger charge is -2.18. The van der Waals surface area contributed by atoms with Crippen LogP contribution in [0.5, 0.6) is 5.75 Å². The summed E-state index contributed by atoms with van der Waals surface area (Å²) in [6, 6.07) is 4.68. The molecule has 1 amide bonds. The van der Waals surface area contributed by atoms with Crippen LogP contribution in [0.4, 0.5) is 0 Å². The lowest BCUT2D eigenvalue weighted by molar-refractivity contribution is -0.160. The Morgan fingerprint density at radius 1 is 1.13 bits per heavy atom. The predicted octanol–water partition coefficient (Wildman–Crippen LogP) is 3.46. The van der Waals surface area contributed by atoms with Gasteiger partial charge in [-0.05, 0) is 38.0 Å². The fourth-order valence-electron chi connectivity index (χ4n) is 1.58. The first kappa shape index (κ1) is 19.6. The minimum atomic E-state index is -0.908. The van der Waals surface area contributed by atoms with Crippen molar-refractivity contribution in [1.82, 2.24) is 5.32 Å². The van der Waals surface area contributed by atoms with Gasteiger partial charge >= 0.3 is 5.97 Å². The number of carbonyl (C=O) groups is 2. The van der Waals surface area contributed by atoms with Crippen LogP contribution in [0.15, 0.2) is 18.2 Å². The SMILES string of the molecule is CC(C)CNC(=O)[C@H](C)OC(=O)[C@H](C)Oc1ccc(Cl)cc1Cl. The Hall–Kier alpha value is -1.46. The number of hydrogen-bond donors (Lipinski definition) is 1. The number of carbonyl (C=O) groups excluding carboxylic acids is 2.